The van der Waals surface area contributed by atoms with E-state index in [1.165, 1.54) is 11.1 Å². The van der Waals surface area contributed by atoms with E-state index in [1.54, 1.807) is 0 Å². The number of rotatable bonds is 13. The number of amides is 1. The van der Waals surface area contributed by atoms with Crippen LogP contribution in [0.15, 0.2) is 115 Å². The van der Waals surface area contributed by atoms with Gasteiger partial charge in [0.15, 0.2) is 0 Å². The fourth-order valence-corrected chi connectivity index (χ4v) is 6.38. The zero-order valence-electron chi connectivity index (χ0n) is 28.4. The van der Waals surface area contributed by atoms with Crippen LogP contribution < -0.4 is 10.6 Å². The Morgan fingerprint density at radius 3 is 2.36 bits per heavy atom. The van der Waals surface area contributed by atoms with Crippen LogP contribution in [-0.2, 0) is 0 Å². The van der Waals surface area contributed by atoms with E-state index >= 15 is 0 Å². The highest BCUT2D eigenvalue weighted by Crippen LogP contribution is 2.30. The molecule has 4 rings (SSSR count). The molecular formula is C41H57N3O. The van der Waals surface area contributed by atoms with Gasteiger partial charge in [0.1, 0.15) is 0 Å². The third-order valence-electron chi connectivity index (χ3n) is 8.77. The van der Waals surface area contributed by atoms with Crippen molar-refractivity contribution in [1.29, 1.82) is 0 Å². The molecule has 0 saturated heterocycles. The molecule has 4 nitrogen and oxygen atoms in total. The maximum absolute atomic E-state index is 13.3. The molecule has 1 aliphatic heterocycles. The largest absolute Gasteiger partial charge is 0.382 e. The van der Waals surface area contributed by atoms with Crippen molar-refractivity contribution < 1.29 is 4.79 Å². The molecule has 2 N–H and O–H groups in total. The lowest BCUT2D eigenvalue weighted by Gasteiger charge is -2.36. The summed E-state index contributed by atoms with van der Waals surface area (Å²) in [6.45, 7) is 24.3. The normalized spacial score (nSPS) is 19.4. The number of nitrogens with zero attached hydrogens (tertiary/aromatic N) is 1. The van der Waals surface area contributed by atoms with Crippen molar-refractivity contribution in [2.75, 3.05) is 19.6 Å². The van der Waals surface area contributed by atoms with E-state index in [9.17, 15) is 4.79 Å². The van der Waals surface area contributed by atoms with Gasteiger partial charge in [0, 0.05) is 42.4 Å². The molecule has 0 unspecified atom stereocenters. The Labute approximate surface area is 274 Å². The first-order valence-corrected chi connectivity index (χ1v) is 17.1. The topological polar surface area (TPSA) is 44.4 Å². The van der Waals surface area contributed by atoms with Crippen LogP contribution in [0.2, 0.25) is 0 Å². The summed E-state index contributed by atoms with van der Waals surface area (Å²) in [5, 5.41) is 7.19. The number of benzene rings is 2. The molecule has 2 aliphatic rings. The zero-order valence-corrected chi connectivity index (χ0v) is 28.4. The third kappa shape index (κ3) is 11.3. The lowest BCUT2D eigenvalue weighted by atomic mass is 9.82. The second kappa shape index (κ2) is 19.0. The van der Waals surface area contributed by atoms with E-state index in [-0.39, 0.29) is 23.9 Å². The highest BCUT2D eigenvalue weighted by atomic mass is 16.1. The molecule has 2 aromatic rings. The van der Waals surface area contributed by atoms with Crippen molar-refractivity contribution >= 4 is 5.91 Å². The molecule has 0 radical (unpaired) electrons. The molecular weight excluding hydrogens is 550 g/mol. The summed E-state index contributed by atoms with van der Waals surface area (Å²) in [6, 6.07) is 18.4. The van der Waals surface area contributed by atoms with Crippen molar-refractivity contribution in [2.45, 2.75) is 84.7 Å². The van der Waals surface area contributed by atoms with Gasteiger partial charge in [-0.25, -0.2) is 0 Å². The summed E-state index contributed by atoms with van der Waals surface area (Å²) in [6.07, 6.45) is 15.9. The minimum atomic E-state index is -0.0102. The lowest BCUT2D eigenvalue weighted by molar-refractivity contribution is 0.0912. The van der Waals surface area contributed by atoms with Crippen LogP contribution in [0.1, 0.15) is 83.0 Å². The number of hydrogen-bond acceptors (Lipinski definition) is 3. The van der Waals surface area contributed by atoms with Crippen molar-refractivity contribution in [3.05, 3.63) is 121 Å². The van der Waals surface area contributed by atoms with Gasteiger partial charge in [-0.05, 0) is 73.4 Å². The van der Waals surface area contributed by atoms with Gasteiger partial charge < -0.3 is 10.6 Å². The summed E-state index contributed by atoms with van der Waals surface area (Å²) >= 11 is 0. The van der Waals surface area contributed by atoms with E-state index in [4.69, 9.17) is 0 Å². The van der Waals surface area contributed by atoms with Gasteiger partial charge in [-0.2, -0.15) is 0 Å². The average Bonchev–Trinajstić information content (AvgIpc) is 3.29. The minimum absolute atomic E-state index is 0.0102. The summed E-state index contributed by atoms with van der Waals surface area (Å²) < 4.78 is 0. The molecule has 0 bridgehead atoms. The Hall–Kier alpha value is -3.63. The highest BCUT2D eigenvalue weighted by molar-refractivity contribution is 5.95. The van der Waals surface area contributed by atoms with Crippen LogP contribution in [0.5, 0.6) is 0 Å². The number of carbonyl (C=O) groups is 1. The number of carbonyl (C=O) groups excluding carboxylic acids is 1. The third-order valence-corrected chi connectivity index (χ3v) is 8.77. The molecule has 1 saturated carbocycles. The Morgan fingerprint density at radius 1 is 0.978 bits per heavy atom. The van der Waals surface area contributed by atoms with Gasteiger partial charge in [-0.15, -0.1) is 0 Å². The second-order valence-electron chi connectivity index (χ2n) is 12.6. The van der Waals surface area contributed by atoms with Gasteiger partial charge in [-0.3, -0.25) is 9.69 Å². The van der Waals surface area contributed by atoms with Gasteiger partial charge in [0.2, 0.25) is 0 Å². The van der Waals surface area contributed by atoms with Gasteiger partial charge >= 0.3 is 0 Å². The molecule has 242 valence electrons. The van der Waals surface area contributed by atoms with Crippen LogP contribution in [-0.4, -0.2) is 42.5 Å². The first-order chi connectivity index (χ1) is 21.8. The number of hydrogen-bond donors (Lipinski definition) is 2. The van der Waals surface area contributed by atoms with Crippen LogP contribution in [0.4, 0.5) is 0 Å². The maximum atomic E-state index is 13.3. The van der Waals surface area contributed by atoms with Gasteiger partial charge in [0.25, 0.3) is 5.91 Å². The van der Waals surface area contributed by atoms with E-state index in [0.717, 1.165) is 81.4 Å². The molecule has 0 spiro atoms. The Morgan fingerprint density at radius 2 is 1.67 bits per heavy atom. The van der Waals surface area contributed by atoms with Crippen LogP contribution in [0, 0.1) is 11.8 Å². The summed E-state index contributed by atoms with van der Waals surface area (Å²) in [4.78, 5) is 15.8. The lowest BCUT2D eigenvalue weighted by Crippen LogP contribution is -2.46. The van der Waals surface area contributed by atoms with E-state index in [1.807, 2.05) is 68.5 Å². The molecule has 4 heteroatoms. The first kappa shape index (κ1) is 35.8. The predicted octanol–water partition coefficient (Wildman–Crippen LogP) is 9.51. The Kier molecular flexibility index (Phi) is 15.1. The standard InChI is InChI=1S/C39H51N3O.C2H6/c1-6-7-14-32-15-13-25-42(26-24-32)28-30(4)38(27-29(2)3)40-31(5)36-18-11-12-19-37(36)41-39(43)35-22-20-34(21-23-35)33-16-9-8-10-17-33;1-2/h6-10,14,16-17,20-24,29,36-38,40H,1,4-5,11-13,15,18-19,25-28H2,2-3H3,(H,41,43);1-2H3/b14-7-;/t36-,37-,38-;/m0./s1. The highest BCUT2D eigenvalue weighted by Gasteiger charge is 2.30. The van der Waals surface area contributed by atoms with Gasteiger partial charge in [-0.1, -0.05) is 133 Å². The van der Waals surface area contributed by atoms with E-state index in [0.29, 0.717) is 11.5 Å². The summed E-state index contributed by atoms with van der Waals surface area (Å²) in [5.41, 5.74) is 6.59. The second-order valence-corrected chi connectivity index (χ2v) is 12.6. The van der Waals surface area contributed by atoms with Crippen LogP contribution in [0.3, 0.4) is 0 Å². The first-order valence-electron chi connectivity index (χ1n) is 17.1. The van der Waals surface area contributed by atoms with E-state index < -0.39 is 0 Å². The van der Waals surface area contributed by atoms with Crippen LogP contribution >= 0.6 is 0 Å². The fourth-order valence-electron chi connectivity index (χ4n) is 6.38. The van der Waals surface area contributed by atoms with Crippen molar-refractivity contribution in [2.24, 2.45) is 11.8 Å². The quantitative estimate of drug-likeness (QED) is 0.176. The molecule has 1 heterocycles. The average molecular weight is 608 g/mol. The molecule has 45 heavy (non-hydrogen) atoms. The molecule has 1 amide bonds. The number of allylic oxidation sites excluding steroid dienone is 4. The fraction of sp³-hybridized carbons (Fsp3) is 0.439. The van der Waals surface area contributed by atoms with Crippen molar-refractivity contribution in [3.8, 4) is 11.1 Å². The Bertz CT molecular complexity index is 1290. The smallest absolute Gasteiger partial charge is 0.251 e. The molecule has 1 aliphatic carbocycles. The zero-order chi connectivity index (χ0) is 32.6. The van der Waals surface area contributed by atoms with Crippen LogP contribution in [0.25, 0.3) is 11.1 Å². The minimum Gasteiger partial charge on any atom is -0.382 e. The monoisotopic (exact) mass is 607 g/mol. The maximum Gasteiger partial charge on any atom is 0.251 e. The molecule has 1 fully saturated rings. The van der Waals surface area contributed by atoms with Crippen molar-refractivity contribution in [1.82, 2.24) is 15.5 Å². The molecule has 2 aromatic carbocycles. The SMILES string of the molecule is C=C/C=C\C1=CCN(CC(=C)[C@H](CC(C)C)NC(=C)[C@@H]2CCCC[C@@H]2NC(=O)c2ccc(-c3ccccc3)cc2)CCC1.CC. The summed E-state index contributed by atoms with van der Waals surface area (Å²) in [7, 11) is 0. The molecule has 0 aromatic heterocycles. The predicted molar refractivity (Wildman–Crippen MR) is 194 cm³/mol. The summed E-state index contributed by atoms with van der Waals surface area (Å²) in [5.74, 6) is 0.718. The van der Waals surface area contributed by atoms with Crippen molar-refractivity contribution in [3.63, 3.8) is 0 Å². The number of nitrogens with one attached hydrogen (secondary N) is 2. The Balaban J connectivity index is 0.00000271. The van der Waals surface area contributed by atoms with Gasteiger partial charge in [0.05, 0.1) is 0 Å². The van der Waals surface area contributed by atoms with E-state index in [2.05, 4.69) is 73.4 Å². The molecule has 3 atom stereocenters.